The van der Waals surface area contributed by atoms with E-state index in [1.54, 1.807) is 7.11 Å². The fraction of sp³-hybridized carbons (Fsp3) is 1.00. The number of hydrogen-bond acceptors (Lipinski definition) is 3. The Morgan fingerprint density at radius 3 is 0.818 bits per heavy atom. The smallest absolute Gasteiger partial charge is 0.0433 e. The SMILES string of the molecule is C.C.C.C.C.C.C.C.C.C.CC.CC(C)(C)C.CC(C)C.CC1CCC(C)CC1.CCC.CCNC.CCOC.CCSC. The Labute approximate surface area is 300 Å². The average Bonchev–Trinajstić information content (AvgIpc) is 2.77. The summed E-state index contributed by atoms with van der Waals surface area (Å²) in [4.78, 5) is 0. The maximum atomic E-state index is 4.54. The van der Waals surface area contributed by atoms with Crippen molar-refractivity contribution in [3.63, 3.8) is 0 Å². The van der Waals surface area contributed by atoms with Crippen molar-refractivity contribution in [3.05, 3.63) is 0 Å². The summed E-state index contributed by atoms with van der Waals surface area (Å²) in [7, 11) is 3.61. The van der Waals surface area contributed by atoms with Gasteiger partial charge in [0.1, 0.15) is 0 Å². The number of nitrogens with one attached hydrogen (secondary N) is 1. The van der Waals surface area contributed by atoms with Gasteiger partial charge in [-0.05, 0) is 55.7 Å². The van der Waals surface area contributed by atoms with Gasteiger partial charge in [0.2, 0.25) is 0 Å². The van der Waals surface area contributed by atoms with Gasteiger partial charge in [-0.1, -0.05) is 210 Å². The molecule has 0 unspecified atom stereocenters. The highest BCUT2D eigenvalue weighted by Crippen LogP contribution is 2.27. The van der Waals surface area contributed by atoms with Gasteiger partial charge >= 0.3 is 0 Å². The van der Waals surface area contributed by atoms with Gasteiger partial charge in [-0.15, -0.1) is 0 Å². The van der Waals surface area contributed by atoms with Crippen LogP contribution in [0, 0.1) is 23.2 Å². The molecule has 0 bridgehead atoms. The number of rotatable bonds is 3. The second-order valence-electron chi connectivity index (χ2n) is 10.7. The van der Waals surface area contributed by atoms with Gasteiger partial charge in [0, 0.05) is 13.7 Å². The first-order valence-electron chi connectivity index (χ1n) is 14.3. The van der Waals surface area contributed by atoms with Crippen LogP contribution in [0.1, 0.15) is 217 Å². The molecule has 0 aromatic rings. The molecule has 0 heterocycles. The van der Waals surface area contributed by atoms with Crippen molar-refractivity contribution < 1.29 is 4.74 Å². The van der Waals surface area contributed by atoms with Crippen LogP contribution < -0.4 is 5.32 Å². The fourth-order valence-electron chi connectivity index (χ4n) is 1.43. The monoisotopic (exact) mass is 672 g/mol. The highest BCUT2D eigenvalue weighted by atomic mass is 32.2. The quantitative estimate of drug-likeness (QED) is 0.323. The van der Waals surface area contributed by atoms with E-state index in [9.17, 15) is 0 Å². The molecule has 44 heavy (non-hydrogen) atoms. The van der Waals surface area contributed by atoms with Crippen LogP contribution in [0.15, 0.2) is 0 Å². The summed E-state index contributed by atoms with van der Waals surface area (Å²) in [6, 6.07) is 0. The number of thioether (sulfide) groups is 1. The molecule has 0 aliphatic heterocycles. The van der Waals surface area contributed by atoms with Gasteiger partial charge < -0.3 is 10.1 Å². The summed E-state index contributed by atoms with van der Waals surface area (Å²) < 4.78 is 4.54. The highest BCUT2D eigenvalue weighted by Gasteiger charge is 2.13. The lowest BCUT2D eigenvalue weighted by Gasteiger charge is -2.22. The average molecular weight is 672 g/mol. The third-order valence-corrected chi connectivity index (χ3v) is 3.81. The van der Waals surface area contributed by atoms with Gasteiger partial charge in [0.25, 0.3) is 0 Å². The first-order chi connectivity index (χ1) is 15.7. The molecule has 0 radical (unpaired) electrons. The molecule has 1 N–H and O–H groups in total. The molecule has 0 spiro atoms. The Kier molecular flexibility index (Phi) is 284. The molecule has 1 rings (SSSR count). The molecule has 298 valence electrons. The first-order valence-corrected chi connectivity index (χ1v) is 15.7. The molecule has 0 aromatic carbocycles. The van der Waals surface area contributed by atoms with Crippen LogP contribution in [0.2, 0.25) is 0 Å². The number of ether oxygens (including phenoxy) is 1. The van der Waals surface area contributed by atoms with Gasteiger partial charge in [0.15, 0.2) is 0 Å². The van der Waals surface area contributed by atoms with E-state index in [-0.39, 0.29) is 74.3 Å². The molecule has 1 fully saturated rings. The fourth-order valence-corrected chi connectivity index (χ4v) is 1.43. The summed E-state index contributed by atoms with van der Waals surface area (Å²) in [6.45, 7) is 36.3. The molecule has 1 saturated carbocycles. The van der Waals surface area contributed by atoms with Crippen LogP contribution in [0.4, 0.5) is 0 Å². The zero-order chi connectivity index (χ0) is 29.0. The molecular weight excluding hydrogens is 555 g/mol. The topological polar surface area (TPSA) is 21.3 Å². The predicted octanol–water partition coefficient (Wildman–Crippen LogP) is 17.6. The molecular formula is C41H117NOS. The van der Waals surface area contributed by atoms with Gasteiger partial charge in [-0.2, -0.15) is 11.8 Å². The standard InChI is InChI=1S/C8H16.C5H12.C4H10.C3H9N.C3H8O.C3H8S.C3H8.C2H6.10CH4/c1-7-3-5-8(2)6-4-7;1-5(2,3)4;1-4(2)3;3*1-3-4-2;1-3-2;1-2;;;;;;;;;;/h7-8H,3-6H2,1-2H3;1-4H3;4H,1-3H3;4H,3H2,1-2H3;2*3H2,1-2H3;3H2,1-2H3;1-2H3;10*1H4. The summed E-state index contributed by atoms with van der Waals surface area (Å²) in [6.07, 6.45) is 9.24. The summed E-state index contributed by atoms with van der Waals surface area (Å²) >= 11 is 1.86. The van der Waals surface area contributed by atoms with Crippen LogP contribution in [0.5, 0.6) is 0 Å². The first kappa shape index (κ1) is 111. The number of hydrogen-bond donors (Lipinski definition) is 1. The van der Waals surface area contributed by atoms with Crippen molar-refractivity contribution in [2.24, 2.45) is 23.2 Å². The van der Waals surface area contributed by atoms with Crippen molar-refractivity contribution in [1.29, 1.82) is 0 Å². The third-order valence-electron chi connectivity index (χ3n) is 3.24. The van der Waals surface area contributed by atoms with E-state index in [4.69, 9.17) is 0 Å². The Bertz CT molecular complexity index is 211. The van der Waals surface area contributed by atoms with Crippen LogP contribution in [-0.2, 0) is 4.74 Å². The van der Waals surface area contributed by atoms with Crippen LogP contribution >= 0.6 is 11.8 Å². The Morgan fingerprint density at radius 1 is 0.659 bits per heavy atom. The van der Waals surface area contributed by atoms with Gasteiger partial charge in [-0.3, -0.25) is 0 Å². The van der Waals surface area contributed by atoms with Crippen molar-refractivity contribution in [3.8, 4) is 0 Å². The minimum atomic E-state index is 0. The summed E-state index contributed by atoms with van der Waals surface area (Å²) in [5.74, 6) is 4.11. The lowest BCUT2D eigenvalue weighted by Crippen LogP contribution is -2.08. The highest BCUT2D eigenvalue weighted by molar-refractivity contribution is 7.98. The van der Waals surface area contributed by atoms with Crippen molar-refractivity contribution in [2.75, 3.05) is 39.3 Å². The van der Waals surface area contributed by atoms with E-state index in [0.29, 0.717) is 5.41 Å². The van der Waals surface area contributed by atoms with Crippen molar-refractivity contribution in [2.45, 2.75) is 217 Å². The van der Waals surface area contributed by atoms with Crippen LogP contribution in [0.3, 0.4) is 0 Å². The molecule has 0 amide bonds. The lowest BCUT2D eigenvalue weighted by atomic mass is 9.84. The largest absolute Gasteiger partial charge is 0.385 e. The normalized spacial score (nSPS) is 12.0. The van der Waals surface area contributed by atoms with Gasteiger partial charge in [-0.25, -0.2) is 0 Å². The zero-order valence-electron chi connectivity index (χ0n) is 28.2. The van der Waals surface area contributed by atoms with E-state index >= 15 is 0 Å². The maximum Gasteiger partial charge on any atom is 0.0433 e. The molecule has 0 aromatic heterocycles. The van der Waals surface area contributed by atoms with Crippen LogP contribution in [-0.4, -0.2) is 39.3 Å². The molecule has 3 heteroatoms. The van der Waals surface area contributed by atoms with E-state index in [2.05, 4.69) is 106 Å². The second-order valence-corrected chi connectivity index (χ2v) is 11.8. The van der Waals surface area contributed by atoms with Crippen LogP contribution in [0.25, 0.3) is 0 Å². The van der Waals surface area contributed by atoms with E-state index < -0.39 is 0 Å². The molecule has 0 atom stereocenters. The molecule has 1 aliphatic carbocycles. The Morgan fingerprint density at radius 2 is 0.773 bits per heavy atom. The van der Waals surface area contributed by atoms with Crippen molar-refractivity contribution in [1.82, 2.24) is 5.32 Å². The van der Waals surface area contributed by atoms with Crippen molar-refractivity contribution >= 4 is 11.8 Å². The Balaban J connectivity index is -0.0000000126. The maximum absolute atomic E-state index is 4.54. The number of methoxy groups -OCH3 is 1. The Hall–Kier alpha value is 0.270. The molecule has 1 aliphatic rings. The minimum absolute atomic E-state index is 0. The summed E-state index contributed by atoms with van der Waals surface area (Å²) in [5.41, 5.74) is 0.500. The van der Waals surface area contributed by atoms with E-state index in [0.717, 1.165) is 30.9 Å². The predicted molar refractivity (Wildman–Crippen MR) is 238 cm³/mol. The second kappa shape index (κ2) is 112. The third kappa shape index (κ3) is 409. The zero-order valence-corrected chi connectivity index (χ0v) is 29.0. The van der Waals surface area contributed by atoms with E-state index in [1.807, 2.05) is 39.6 Å². The van der Waals surface area contributed by atoms with Gasteiger partial charge in [0.05, 0.1) is 0 Å². The summed E-state index contributed by atoms with van der Waals surface area (Å²) in [5, 5.41) is 2.93. The molecule has 0 saturated heterocycles. The lowest BCUT2D eigenvalue weighted by molar-refractivity contribution is 0.215. The minimum Gasteiger partial charge on any atom is -0.385 e. The molecule has 2 nitrogen and oxygen atoms in total. The van der Waals surface area contributed by atoms with E-state index in [1.165, 1.54) is 37.9 Å².